The minimum Gasteiger partial charge on any atom is -0.493 e. The molecule has 1 heterocycles. The Morgan fingerprint density at radius 2 is 1.74 bits per heavy atom. The summed E-state index contributed by atoms with van der Waals surface area (Å²) in [5.74, 6) is 0.331. The van der Waals surface area contributed by atoms with Crippen LogP contribution in [0.15, 0.2) is 66.7 Å². The smallest absolute Gasteiger partial charge is 0.257 e. The van der Waals surface area contributed by atoms with E-state index in [4.69, 9.17) is 9.47 Å². The van der Waals surface area contributed by atoms with Crippen molar-refractivity contribution < 1.29 is 19.1 Å². The summed E-state index contributed by atoms with van der Waals surface area (Å²) in [5, 5.41) is 5.43. The number of ether oxygens (including phenoxy) is 2. The van der Waals surface area contributed by atoms with E-state index in [0.717, 1.165) is 25.1 Å². The quantitative estimate of drug-likeness (QED) is 0.513. The SMILES string of the molecule is CNC(=O)COc1ccc(C(=O)NCc2ccc(CN3CCc4ccccc43)cc2)cc1OC. The van der Waals surface area contributed by atoms with Crippen LogP contribution < -0.4 is 25.0 Å². The topological polar surface area (TPSA) is 79.9 Å². The highest BCUT2D eigenvalue weighted by Crippen LogP contribution is 2.29. The normalized spacial score (nSPS) is 12.1. The van der Waals surface area contributed by atoms with Gasteiger partial charge < -0.3 is 25.0 Å². The van der Waals surface area contributed by atoms with Gasteiger partial charge in [-0.1, -0.05) is 42.5 Å². The second kappa shape index (κ2) is 10.7. The Morgan fingerprint density at radius 1 is 0.971 bits per heavy atom. The lowest BCUT2D eigenvalue weighted by Crippen LogP contribution is -2.25. The fourth-order valence-corrected chi connectivity index (χ4v) is 3.98. The average Bonchev–Trinajstić information content (AvgIpc) is 3.29. The molecule has 1 aliphatic heterocycles. The van der Waals surface area contributed by atoms with Gasteiger partial charge in [0, 0.05) is 37.9 Å². The predicted octanol–water partition coefficient (Wildman–Crippen LogP) is 3.31. The number of carbonyl (C=O) groups excluding carboxylic acids is 2. The van der Waals surface area contributed by atoms with Crippen LogP contribution in [0.1, 0.15) is 27.0 Å². The molecular formula is C27H29N3O4. The summed E-state index contributed by atoms with van der Waals surface area (Å²) in [7, 11) is 3.03. The Bertz CT molecular complexity index is 1160. The molecule has 0 spiro atoms. The Kier molecular flexibility index (Phi) is 7.32. The van der Waals surface area contributed by atoms with Gasteiger partial charge in [-0.3, -0.25) is 9.59 Å². The molecule has 2 amide bonds. The molecule has 0 saturated carbocycles. The zero-order valence-corrected chi connectivity index (χ0v) is 19.5. The van der Waals surface area contributed by atoms with E-state index in [1.807, 2.05) is 12.1 Å². The van der Waals surface area contributed by atoms with Crippen LogP contribution in [0, 0.1) is 0 Å². The number of nitrogens with zero attached hydrogens (tertiary/aromatic N) is 1. The number of anilines is 1. The van der Waals surface area contributed by atoms with Gasteiger partial charge in [0.2, 0.25) is 0 Å². The van der Waals surface area contributed by atoms with Crippen LogP contribution in [-0.4, -0.2) is 39.1 Å². The summed E-state index contributed by atoms with van der Waals surface area (Å²) in [6.07, 6.45) is 1.09. The van der Waals surface area contributed by atoms with E-state index < -0.39 is 0 Å². The van der Waals surface area contributed by atoms with Crippen molar-refractivity contribution >= 4 is 17.5 Å². The first-order valence-corrected chi connectivity index (χ1v) is 11.3. The van der Waals surface area contributed by atoms with Crippen LogP contribution in [0.5, 0.6) is 11.5 Å². The Balaban J connectivity index is 1.32. The third-order valence-corrected chi connectivity index (χ3v) is 5.90. The predicted molar refractivity (Wildman–Crippen MR) is 131 cm³/mol. The van der Waals surface area contributed by atoms with E-state index in [0.29, 0.717) is 23.6 Å². The average molecular weight is 460 g/mol. The lowest BCUT2D eigenvalue weighted by atomic mass is 10.1. The van der Waals surface area contributed by atoms with Crippen LogP contribution in [0.3, 0.4) is 0 Å². The number of carbonyl (C=O) groups is 2. The van der Waals surface area contributed by atoms with E-state index in [9.17, 15) is 9.59 Å². The van der Waals surface area contributed by atoms with Crippen molar-refractivity contribution in [1.82, 2.24) is 10.6 Å². The number of likely N-dealkylation sites (N-methyl/N-ethyl adjacent to an activating group) is 1. The van der Waals surface area contributed by atoms with Crippen molar-refractivity contribution in [3.63, 3.8) is 0 Å². The summed E-state index contributed by atoms with van der Waals surface area (Å²) in [6, 6.07) is 21.8. The molecule has 0 radical (unpaired) electrons. The summed E-state index contributed by atoms with van der Waals surface area (Å²) in [6.45, 7) is 2.20. The fraction of sp³-hybridized carbons (Fsp3) is 0.259. The maximum atomic E-state index is 12.6. The highest BCUT2D eigenvalue weighted by atomic mass is 16.5. The van der Waals surface area contributed by atoms with Crippen LogP contribution >= 0.6 is 0 Å². The fourth-order valence-electron chi connectivity index (χ4n) is 3.98. The van der Waals surface area contributed by atoms with Crippen LogP contribution in [0.2, 0.25) is 0 Å². The molecule has 7 heteroatoms. The molecule has 34 heavy (non-hydrogen) atoms. The van der Waals surface area contributed by atoms with Gasteiger partial charge in [0.15, 0.2) is 18.1 Å². The van der Waals surface area contributed by atoms with Gasteiger partial charge in [-0.2, -0.15) is 0 Å². The van der Waals surface area contributed by atoms with Crippen LogP contribution in [-0.2, 0) is 24.3 Å². The number of nitrogens with one attached hydrogen (secondary N) is 2. The Morgan fingerprint density at radius 3 is 2.50 bits per heavy atom. The number of benzene rings is 3. The third kappa shape index (κ3) is 5.49. The van der Waals surface area contributed by atoms with Crippen molar-refractivity contribution in [3.05, 3.63) is 89.0 Å². The zero-order valence-electron chi connectivity index (χ0n) is 19.5. The maximum Gasteiger partial charge on any atom is 0.257 e. The van der Waals surface area contributed by atoms with Gasteiger partial charge in [-0.25, -0.2) is 0 Å². The first-order valence-electron chi connectivity index (χ1n) is 11.3. The summed E-state index contributed by atoms with van der Waals surface area (Å²) < 4.78 is 10.8. The highest BCUT2D eigenvalue weighted by molar-refractivity contribution is 5.94. The molecule has 176 valence electrons. The molecule has 3 aromatic carbocycles. The highest BCUT2D eigenvalue weighted by Gasteiger charge is 2.18. The minimum absolute atomic E-state index is 0.126. The first-order chi connectivity index (χ1) is 16.6. The van der Waals surface area contributed by atoms with Gasteiger partial charge in [0.1, 0.15) is 0 Å². The van der Waals surface area contributed by atoms with Crippen molar-refractivity contribution in [1.29, 1.82) is 0 Å². The van der Waals surface area contributed by atoms with E-state index in [1.165, 1.54) is 31.0 Å². The lowest BCUT2D eigenvalue weighted by Gasteiger charge is -2.19. The monoisotopic (exact) mass is 459 g/mol. The van der Waals surface area contributed by atoms with E-state index in [1.54, 1.807) is 18.2 Å². The van der Waals surface area contributed by atoms with Gasteiger partial charge >= 0.3 is 0 Å². The second-order valence-electron chi connectivity index (χ2n) is 8.13. The Hall–Kier alpha value is -4.00. The van der Waals surface area contributed by atoms with E-state index in [-0.39, 0.29) is 18.4 Å². The van der Waals surface area contributed by atoms with Crippen LogP contribution in [0.4, 0.5) is 5.69 Å². The molecule has 0 unspecified atom stereocenters. The standard InChI is InChI=1S/C27H29N3O4/c1-28-26(31)18-34-24-12-11-22(15-25(24)33-2)27(32)29-16-19-7-9-20(10-8-19)17-30-14-13-21-5-3-4-6-23(21)30/h3-12,15H,13-14,16-18H2,1-2H3,(H,28,31)(H,29,32). The number of rotatable bonds is 9. The molecule has 1 aliphatic rings. The Labute approximate surface area is 199 Å². The van der Waals surface area contributed by atoms with E-state index in [2.05, 4.69) is 51.9 Å². The number of hydrogen-bond donors (Lipinski definition) is 2. The number of para-hydroxylation sites is 1. The second-order valence-corrected chi connectivity index (χ2v) is 8.13. The van der Waals surface area contributed by atoms with Gasteiger partial charge in [-0.15, -0.1) is 0 Å². The molecular weight excluding hydrogens is 430 g/mol. The molecule has 3 aromatic rings. The number of amides is 2. The molecule has 0 saturated heterocycles. The molecule has 0 fully saturated rings. The molecule has 2 N–H and O–H groups in total. The number of fused-ring (bicyclic) bond motifs is 1. The molecule has 0 atom stereocenters. The van der Waals surface area contributed by atoms with Crippen molar-refractivity contribution in [2.75, 3.05) is 32.2 Å². The summed E-state index contributed by atoms with van der Waals surface area (Å²) >= 11 is 0. The maximum absolute atomic E-state index is 12.6. The van der Waals surface area contributed by atoms with Crippen molar-refractivity contribution in [3.8, 4) is 11.5 Å². The van der Waals surface area contributed by atoms with E-state index >= 15 is 0 Å². The van der Waals surface area contributed by atoms with Gasteiger partial charge in [0.25, 0.3) is 11.8 Å². The largest absolute Gasteiger partial charge is 0.493 e. The molecule has 4 rings (SSSR count). The minimum atomic E-state index is -0.250. The third-order valence-electron chi connectivity index (χ3n) is 5.90. The summed E-state index contributed by atoms with van der Waals surface area (Å²) in [4.78, 5) is 26.4. The first kappa shape index (κ1) is 23.2. The van der Waals surface area contributed by atoms with Gasteiger partial charge in [-0.05, 0) is 47.4 Å². The summed E-state index contributed by atoms with van der Waals surface area (Å²) in [5.41, 5.74) is 5.44. The number of hydrogen-bond acceptors (Lipinski definition) is 5. The number of methoxy groups -OCH3 is 1. The zero-order chi connectivity index (χ0) is 23.9. The van der Waals surface area contributed by atoms with Gasteiger partial charge in [0.05, 0.1) is 7.11 Å². The van der Waals surface area contributed by atoms with Crippen molar-refractivity contribution in [2.45, 2.75) is 19.5 Å². The van der Waals surface area contributed by atoms with Crippen molar-refractivity contribution in [2.24, 2.45) is 0 Å². The molecule has 0 aromatic heterocycles. The molecule has 0 aliphatic carbocycles. The molecule has 0 bridgehead atoms. The van der Waals surface area contributed by atoms with Crippen LogP contribution in [0.25, 0.3) is 0 Å². The molecule has 7 nitrogen and oxygen atoms in total. The lowest BCUT2D eigenvalue weighted by molar-refractivity contribution is -0.122.